The number of hydrogen-bond donors (Lipinski definition) is 3. The molecule has 0 spiro atoms. The van der Waals surface area contributed by atoms with Crippen LogP contribution in [0.25, 0.3) is 11.1 Å². The molecule has 7 nitrogen and oxygen atoms in total. The Balaban J connectivity index is 1.30. The highest BCUT2D eigenvalue weighted by Gasteiger charge is 2.32. The maximum Gasteiger partial charge on any atom is 0.272 e. The first kappa shape index (κ1) is 34.3. The van der Waals surface area contributed by atoms with E-state index in [-0.39, 0.29) is 31.3 Å². The van der Waals surface area contributed by atoms with E-state index in [1.165, 1.54) is 6.92 Å². The van der Waals surface area contributed by atoms with Gasteiger partial charge in [-0.05, 0) is 58.1 Å². The summed E-state index contributed by atoms with van der Waals surface area (Å²) in [5.41, 5.74) is 6.33. The second-order valence-corrected chi connectivity index (χ2v) is 14.2. The summed E-state index contributed by atoms with van der Waals surface area (Å²) < 4.78 is 11.0. The van der Waals surface area contributed by atoms with E-state index in [0.29, 0.717) is 12.2 Å². The summed E-state index contributed by atoms with van der Waals surface area (Å²) in [4.78, 5) is 24.4. The van der Waals surface area contributed by atoms with Gasteiger partial charge in [0.25, 0.3) is 9.70 Å². The number of halogens is 3. The van der Waals surface area contributed by atoms with Gasteiger partial charge in [-0.2, -0.15) is 0 Å². The first-order valence-corrected chi connectivity index (χ1v) is 16.7. The molecule has 46 heavy (non-hydrogen) atoms. The molecule has 1 saturated heterocycles. The number of alkyl halides is 3. The van der Waals surface area contributed by atoms with Crippen molar-refractivity contribution >= 4 is 64.1 Å². The first-order chi connectivity index (χ1) is 22.1. The molecule has 1 heterocycles. The lowest BCUT2D eigenvalue weighted by atomic mass is 9.99. The third-order valence-electron chi connectivity index (χ3n) is 7.38. The summed E-state index contributed by atoms with van der Waals surface area (Å²) in [6, 6.07) is 31.4. The summed E-state index contributed by atoms with van der Waals surface area (Å²) in [7, 11) is 0. The van der Waals surface area contributed by atoms with Crippen molar-refractivity contribution in [1.29, 1.82) is 0 Å². The molecule has 240 valence electrons. The van der Waals surface area contributed by atoms with Crippen LogP contribution in [0.2, 0.25) is 0 Å². The van der Waals surface area contributed by atoms with Crippen LogP contribution >= 0.6 is 46.6 Å². The SMILES string of the molecule is CC(=O)Nc1ccc(SC[C@@H]2C[C@H](c3ccc(CO)cc3)O[C@H](c3ccc(-c4cccc(CNC(=O)C(Cl)(Cl)Cl)c4)cc3)O2)cc1. The van der Waals surface area contributed by atoms with Crippen LogP contribution in [-0.2, 0) is 32.2 Å². The Kier molecular flexibility index (Phi) is 11.7. The van der Waals surface area contributed by atoms with Gasteiger partial charge in [0, 0.05) is 41.8 Å². The van der Waals surface area contributed by atoms with Crippen LogP contribution in [0.15, 0.2) is 102 Å². The van der Waals surface area contributed by atoms with Gasteiger partial charge in [-0.3, -0.25) is 9.59 Å². The number of hydrogen-bond acceptors (Lipinski definition) is 6. The van der Waals surface area contributed by atoms with Gasteiger partial charge in [0.15, 0.2) is 6.29 Å². The third kappa shape index (κ3) is 9.48. The second-order valence-electron chi connectivity index (χ2n) is 10.9. The molecule has 0 saturated carbocycles. The van der Waals surface area contributed by atoms with Crippen molar-refractivity contribution in [2.45, 2.75) is 53.7 Å². The molecule has 4 aromatic rings. The smallest absolute Gasteiger partial charge is 0.272 e. The van der Waals surface area contributed by atoms with Crippen LogP contribution in [0.5, 0.6) is 0 Å². The summed E-state index contributed by atoms with van der Waals surface area (Å²) in [6.07, 6.45) is -0.202. The topological polar surface area (TPSA) is 96.9 Å². The summed E-state index contributed by atoms with van der Waals surface area (Å²) in [5.74, 6) is -0.0751. The predicted octanol–water partition coefficient (Wildman–Crippen LogP) is 8.13. The number of nitrogens with one attached hydrogen (secondary N) is 2. The van der Waals surface area contributed by atoms with Gasteiger partial charge < -0.3 is 25.2 Å². The minimum absolute atomic E-state index is 0.0175. The average Bonchev–Trinajstić information content (AvgIpc) is 3.06. The lowest BCUT2D eigenvalue weighted by molar-refractivity contribution is -0.245. The zero-order chi connectivity index (χ0) is 32.7. The van der Waals surface area contributed by atoms with Crippen molar-refractivity contribution in [3.63, 3.8) is 0 Å². The number of ether oxygens (including phenoxy) is 2. The Morgan fingerprint density at radius 1 is 0.870 bits per heavy atom. The summed E-state index contributed by atoms with van der Waals surface area (Å²) >= 11 is 18.7. The molecule has 0 aliphatic carbocycles. The van der Waals surface area contributed by atoms with Gasteiger partial charge >= 0.3 is 0 Å². The molecule has 0 aromatic heterocycles. The van der Waals surface area contributed by atoms with E-state index in [1.54, 1.807) is 11.8 Å². The van der Waals surface area contributed by atoms with Gasteiger partial charge in [0.05, 0.1) is 18.8 Å². The van der Waals surface area contributed by atoms with E-state index in [0.717, 1.165) is 44.0 Å². The Morgan fingerprint density at radius 3 is 2.22 bits per heavy atom. The molecule has 1 aliphatic heterocycles. The zero-order valence-corrected chi connectivity index (χ0v) is 28.0. The number of carbonyl (C=O) groups is 2. The Labute approximate surface area is 287 Å². The van der Waals surface area contributed by atoms with Crippen molar-refractivity contribution in [2.24, 2.45) is 0 Å². The number of thioether (sulfide) groups is 1. The minimum atomic E-state index is -2.02. The minimum Gasteiger partial charge on any atom is -0.392 e. The molecule has 3 N–H and O–H groups in total. The molecule has 0 bridgehead atoms. The fourth-order valence-electron chi connectivity index (χ4n) is 5.03. The van der Waals surface area contributed by atoms with Crippen LogP contribution in [0.4, 0.5) is 5.69 Å². The standard InChI is InChI=1S/C35H33Cl3N2O5S/c1-22(42)40-29-13-15-31(16-14-29)46-21-30-18-32(26-7-5-23(20-41)6-8-26)45-33(44-30)27-11-9-25(10-12-27)28-4-2-3-24(17-28)19-39-34(43)35(36,37)38/h2-17,30,32-33,41H,18-21H2,1H3,(H,39,43)(H,40,42)/t30-,32+,33+/m0/s1. The summed E-state index contributed by atoms with van der Waals surface area (Å²) in [6.45, 7) is 1.69. The van der Waals surface area contributed by atoms with E-state index in [1.807, 2.05) is 97.1 Å². The van der Waals surface area contributed by atoms with Gasteiger partial charge in [-0.1, -0.05) is 102 Å². The van der Waals surface area contributed by atoms with E-state index >= 15 is 0 Å². The molecule has 4 aromatic carbocycles. The van der Waals surface area contributed by atoms with Crippen LogP contribution in [0.1, 0.15) is 48.0 Å². The van der Waals surface area contributed by atoms with Crippen LogP contribution in [-0.4, -0.2) is 32.6 Å². The molecule has 0 unspecified atom stereocenters. The molecule has 3 atom stereocenters. The zero-order valence-electron chi connectivity index (χ0n) is 24.9. The van der Waals surface area contributed by atoms with Gasteiger partial charge in [0.1, 0.15) is 0 Å². The number of anilines is 1. The maximum absolute atomic E-state index is 11.9. The van der Waals surface area contributed by atoms with Crippen molar-refractivity contribution < 1.29 is 24.2 Å². The number of benzene rings is 4. The average molecular weight is 700 g/mol. The molecule has 11 heteroatoms. The number of aliphatic hydroxyl groups excluding tert-OH is 1. The summed E-state index contributed by atoms with van der Waals surface area (Å²) in [5, 5.41) is 14.9. The molecular formula is C35H33Cl3N2O5S. The van der Waals surface area contributed by atoms with Crippen molar-refractivity contribution in [2.75, 3.05) is 11.1 Å². The molecule has 2 amide bonds. The van der Waals surface area contributed by atoms with E-state index in [9.17, 15) is 14.7 Å². The van der Waals surface area contributed by atoms with Crippen molar-refractivity contribution in [1.82, 2.24) is 5.32 Å². The van der Waals surface area contributed by atoms with Gasteiger partial charge in [0.2, 0.25) is 5.91 Å². The van der Waals surface area contributed by atoms with E-state index in [2.05, 4.69) is 10.6 Å². The fraction of sp³-hybridized carbons (Fsp3) is 0.257. The highest BCUT2D eigenvalue weighted by molar-refractivity contribution is 7.99. The number of aliphatic hydroxyl groups is 1. The third-order valence-corrected chi connectivity index (χ3v) is 9.04. The number of amides is 2. The van der Waals surface area contributed by atoms with Crippen molar-refractivity contribution in [3.8, 4) is 11.1 Å². The normalized spacial score (nSPS) is 18.2. The molecular weight excluding hydrogens is 667 g/mol. The Hall–Kier alpha value is -3.08. The predicted molar refractivity (Wildman–Crippen MR) is 184 cm³/mol. The number of rotatable bonds is 10. The molecule has 1 fully saturated rings. The van der Waals surface area contributed by atoms with Crippen LogP contribution in [0.3, 0.4) is 0 Å². The Bertz CT molecular complexity index is 1630. The highest BCUT2D eigenvalue weighted by atomic mass is 35.6. The van der Waals surface area contributed by atoms with E-state index < -0.39 is 16.0 Å². The van der Waals surface area contributed by atoms with Crippen LogP contribution in [0, 0.1) is 0 Å². The molecule has 0 radical (unpaired) electrons. The van der Waals surface area contributed by atoms with E-state index in [4.69, 9.17) is 44.3 Å². The fourth-order valence-corrected chi connectivity index (χ4v) is 6.15. The lowest BCUT2D eigenvalue weighted by Gasteiger charge is -2.36. The van der Waals surface area contributed by atoms with Gasteiger partial charge in [-0.15, -0.1) is 11.8 Å². The lowest BCUT2D eigenvalue weighted by Crippen LogP contribution is -2.33. The second kappa shape index (κ2) is 15.7. The van der Waals surface area contributed by atoms with Crippen LogP contribution < -0.4 is 10.6 Å². The monoisotopic (exact) mass is 698 g/mol. The number of carbonyl (C=O) groups excluding carboxylic acids is 2. The maximum atomic E-state index is 11.9. The Morgan fingerprint density at radius 2 is 1.57 bits per heavy atom. The molecule has 1 aliphatic rings. The van der Waals surface area contributed by atoms with Crippen molar-refractivity contribution in [3.05, 3.63) is 119 Å². The highest BCUT2D eigenvalue weighted by Crippen LogP contribution is 2.40. The largest absolute Gasteiger partial charge is 0.392 e. The molecule has 5 rings (SSSR count). The quantitative estimate of drug-likeness (QED) is 0.114. The van der Waals surface area contributed by atoms with Gasteiger partial charge in [-0.25, -0.2) is 0 Å². The first-order valence-electron chi connectivity index (χ1n) is 14.6.